The summed E-state index contributed by atoms with van der Waals surface area (Å²) in [6.07, 6.45) is 0.659. The number of hydrogen-bond acceptors (Lipinski definition) is 2. The Morgan fingerprint density at radius 2 is 1.61 bits per heavy atom. The largest absolute Gasteiger partial charge is 0.522 e. The van der Waals surface area contributed by atoms with Gasteiger partial charge in [0, 0.05) is 0 Å². The lowest BCUT2D eigenvalue weighted by atomic mass is 9.74. The molecule has 0 spiro atoms. The normalized spacial score (nSPS) is 21.1. The Bertz CT molecular complexity index is 268. The number of carboxylic acids is 1. The van der Waals surface area contributed by atoms with Crippen molar-refractivity contribution in [2.24, 2.45) is 5.41 Å². The summed E-state index contributed by atoms with van der Waals surface area (Å²) >= 11 is 0. The fourth-order valence-electron chi connectivity index (χ4n) is 2.52. The van der Waals surface area contributed by atoms with Crippen molar-refractivity contribution in [3.05, 3.63) is 0 Å². The number of halogens is 3. The maximum absolute atomic E-state index is 11.9. The summed E-state index contributed by atoms with van der Waals surface area (Å²) in [5.74, 6) is -0.991. The molecule has 0 heterocycles. The van der Waals surface area contributed by atoms with E-state index in [9.17, 15) is 23.1 Å². The number of rotatable bonds is 4. The molecular weight excluding hydrogens is 249 g/mol. The van der Waals surface area contributed by atoms with Crippen molar-refractivity contribution in [2.45, 2.75) is 57.7 Å². The van der Waals surface area contributed by atoms with Gasteiger partial charge in [-0.05, 0) is 19.3 Å². The van der Waals surface area contributed by atoms with Crippen LogP contribution in [0.15, 0.2) is 0 Å². The Balaban J connectivity index is 2.58. The van der Waals surface area contributed by atoms with Crippen LogP contribution in [-0.4, -0.2) is 24.0 Å². The molecule has 0 aliphatic heterocycles. The van der Waals surface area contributed by atoms with Crippen molar-refractivity contribution in [2.75, 3.05) is 6.61 Å². The zero-order valence-electron chi connectivity index (χ0n) is 10.3. The molecule has 1 saturated carbocycles. The highest BCUT2D eigenvalue weighted by Gasteiger charge is 2.39. The Morgan fingerprint density at radius 1 is 1.11 bits per heavy atom. The van der Waals surface area contributed by atoms with Gasteiger partial charge in [0.2, 0.25) is 0 Å². The van der Waals surface area contributed by atoms with Crippen LogP contribution in [0.1, 0.15) is 51.4 Å². The molecule has 1 rings (SSSR count). The summed E-state index contributed by atoms with van der Waals surface area (Å²) < 4.78 is 39.4. The van der Waals surface area contributed by atoms with Gasteiger partial charge < -0.3 is 5.11 Å². The number of ether oxygens (including phenoxy) is 1. The molecule has 1 fully saturated rings. The van der Waals surface area contributed by atoms with Gasteiger partial charge in [0.1, 0.15) is 0 Å². The van der Waals surface area contributed by atoms with Gasteiger partial charge in [-0.2, -0.15) is 0 Å². The van der Waals surface area contributed by atoms with Crippen molar-refractivity contribution in [3.8, 4) is 0 Å². The summed E-state index contributed by atoms with van der Waals surface area (Å²) in [6.45, 7) is -0.574. The highest BCUT2D eigenvalue weighted by molar-refractivity contribution is 5.74. The van der Waals surface area contributed by atoms with E-state index in [1.54, 1.807) is 0 Å². The summed E-state index contributed by atoms with van der Waals surface area (Å²) in [5.41, 5.74) is -1.04. The number of carboxylic acid groups (broad SMARTS) is 1. The molecule has 106 valence electrons. The van der Waals surface area contributed by atoms with Crippen LogP contribution in [0, 0.1) is 5.41 Å². The van der Waals surface area contributed by atoms with Gasteiger partial charge in [0.05, 0.1) is 12.0 Å². The molecule has 3 nitrogen and oxygen atoms in total. The predicted molar refractivity (Wildman–Crippen MR) is 59.0 cm³/mol. The third-order valence-electron chi connectivity index (χ3n) is 3.61. The predicted octanol–water partition coefficient (Wildman–Crippen LogP) is 3.73. The number of aliphatic carboxylic acids is 1. The first-order valence-corrected chi connectivity index (χ1v) is 6.30. The van der Waals surface area contributed by atoms with Crippen molar-refractivity contribution < 1.29 is 27.8 Å². The minimum atomic E-state index is -4.68. The highest BCUT2D eigenvalue weighted by Crippen LogP contribution is 2.38. The first-order chi connectivity index (χ1) is 8.36. The zero-order valence-corrected chi connectivity index (χ0v) is 10.3. The minimum Gasteiger partial charge on any atom is -0.481 e. The molecule has 18 heavy (non-hydrogen) atoms. The quantitative estimate of drug-likeness (QED) is 0.845. The van der Waals surface area contributed by atoms with Crippen LogP contribution >= 0.6 is 0 Å². The van der Waals surface area contributed by atoms with E-state index in [-0.39, 0.29) is 6.42 Å². The van der Waals surface area contributed by atoms with Crippen molar-refractivity contribution in [1.82, 2.24) is 0 Å². The van der Waals surface area contributed by atoms with Crippen molar-refractivity contribution >= 4 is 5.97 Å². The second kappa shape index (κ2) is 6.41. The van der Waals surface area contributed by atoms with Gasteiger partial charge in [-0.25, -0.2) is 0 Å². The highest BCUT2D eigenvalue weighted by atomic mass is 19.4. The Kier molecular flexibility index (Phi) is 5.44. The smallest absolute Gasteiger partial charge is 0.481 e. The molecule has 0 unspecified atom stereocenters. The molecule has 0 aromatic carbocycles. The molecule has 0 amide bonds. The van der Waals surface area contributed by atoms with Crippen LogP contribution in [0.25, 0.3) is 0 Å². The average Bonchev–Trinajstić information content (AvgIpc) is 2.19. The van der Waals surface area contributed by atoms with Gasteiger partial charge in [-0.1, -0.05) is 32.1 Å². The number of carbonyl (C=O) groups is 1. The molecule has 6 heteroatoms. The van der Waals surface area contributed by atoms with E-state index >= 15 is 0 Å². The summed E-state index contributed by atoms with van der Waals surface area (Å²) in [5, 5.41) is 9.30. The Hall–Kier alpha value is -0.780. The van der Waals surface area contributed by atoms with E-state index in [4.69, 9.17) is 0 Å². The average molecular weight is 268 g/mol. The third-order valence-corrected chi connectivity index (χ3v) is 3.61. The lowest BCUT2D eigenvalue weighted by Gasteiger charge is -2.31. The van der Waals surface area contributed by atoms with E-state index in [0.717, 1.165) is 32.1 Å². The van der Waals surface area contributed by atoms with Gasteiger partial charge in [0.25, 0.3) is 0 Å². The molecular formula is C12H19F3O3. The molecule has 1 aliphatic carbocycles. The minimum absolute atomic E-state index is 0.0676. The van der Waals surface area contributed by atoms with E-state index in [0.29, 0.717) is 12.8 Å². The van der Waals surface area contributed by atoms with Gasteiger partial charge in [-0.15, -0.1) is 13.2 Å². The summed E-state index contributed by atoms with van der Waals surface area (Å²) in [7, 11) is 0. The molecule has 1 aliphatic rings. The van der Waals surface area contributed by atoms with Gasteiger partial charge in [0.15, 0.2) is 0 Å². The van der Waals surface area contributed by atoms with E-state index < -0.39 is 24.4 Å². The summed E-state index contributed by atoms with van der Waals surface area (Å²) in [4.78, 5) is 11.4. The molecule has 1 N–H and O–H groups in total. The lowest BCUT2D eigenvalue weighted by Crippen LogP contribution is -2.34. The summed E-state index contributed by atoms with van der Waals surface area (Å²) in [6, 6.07) is 0. The van der Waals surface area contributed by atoms with E-state index in [1.165, 1.54) is 0 Å². The molecule has 0 saturated heterocycles. The maximum atomic E-state index is 11.9. The van der Waals surface area contributed by atoms with E-state index in [2.05, 4.69) is 4.74 Å². The number of hydrogen-bond donors (Lipinski definition) is 1. The van der Waals surface area contributed by atoms with Gasteiger partial charge >= 0.3 is 12.3 Å². The second-order valence-corrected chi connectivity index (χ2v) is 4.90. The fraction of sp³-hybridized carbons (Fsp3) is 0.917. The third kappa shape index (κ3) is 4.84. The van der Waals surface area contributed by atoms with Crippen LogP contribution in [-0.2, 0) is 9.53 Å². The Morgan fingerprint density at radius 3 is 2.06 bits per heavy atom. The molecule has 0 atom stereocenters. The molecule has 0 bridgehead atoms. The van der Waals surface area contributed by atoms with Crippen molar-refractivity contribution in [3.63, 3.8) is 0 Å². The topological polar surface area (TPSA) is 46.5 Å². The van der Waals surface area contributed by atoms with Crippen LogP contribution in [0.3, 0.4) is 0 Å². The molecule has 0 aromatic heterocycles. The monoisotopic (exact) mass is 268 g/mol. The first-order valence-electron chi connectivity index (χ1n) is 6.30. The standard InChI is InChI=1S/C12H19F3O3/c13-12(14,15)18-9-8-11(10(16)17)6-4-2-1-3-5-7-11/h1-9H2,(H,16,17). The van der Waals surface area contributed by atoms with Crippen molar-refractivity contribution in [1.29, 1.82) is 0 Å². The van der Waals surface area contributed by atoms with Crippen LogP contribution in [0.5, 0.6) is 0 Å². The van der Waals surface area contributed by atoms with Gasteiger partial charge in [-0.3, -0.25) is 9.53 Å². The van der Waals surface area contributed by atoms with E-state index in [1.807, 2.05) is 0 Å². The first kappa shape index (κ1) is 15.3. The van der Waals surface area contributed by atoms with Crippen LogP contribution < -0.4 is 0 Å². The number of alkyl halides is 3. The Labute approximate surface area is 104 Å². The van der Waals surface area contributed by atoms with Crippen LogP contribution in [0.2, 0.25) is 0 Å². The zero-order chi connectivity index (χ0) is 13.6. The molecule has 0 aromatic rings. The van der Waals surface area contributed by atoms with Crippen LogP contribution in [0.4, 0.5) is 13.2 Å². The molecule has 0 radical (unpaired) electrons. The lowest BCUT2D eigenvalue weighted by molar-refractivity contribution is -0.326. The SMILES string of the molecule is O=C(O)C1(CCOC(F)(F)F)CCCCCCC1. The maximum Gasteiger partial charge on any atom is 0.522 e. The second-order valence-electron chi connectivity index (χ2n) is 4.90. The fourth-order valence-corrected chi connectivity index (χ4v) is 2.52.